The number of aromatic nitrogens is 2. The first-order chi connectivity index (χ1) is 11.7. The summed E-state index contributed by atoms with van der Waals surface area (Å²) in [5.41, 5.74) is 2.66. The van der Waals surface area contributed by atoms with Crippen LogP contribution in [-0.4, -0.2) is 34.6 Å². The van der Waals surface area contributed by atoms with Gasteiger partial charge in [-0.1, -0.05) is 43.1 Å². The molecule has 128 valence electrons. The second kappa shape index (κ2) is 6.41. The molecule has 4 nitrogen and oxygen atoms in total. The summed E-state index contributed by atoms with van der Waals surface area (Å²) in [6.45, 7) is 5.97. The standard InChI is InChI=1S/C19H24ClN3O/c1-2-3-8-17-21-15(18(20)22-17)10-23-11-19(12-23)9-14-6-4-5-7-16(14)24-13-19/h4-7H,2-3,8-13H2,1H3,(H,21,22). The minimum Gasteiger partial charge on any atom is -0.493 e. The summed E-state index contributed by atoms with van der Waals surface area (Å²) in [7, 11) is 0. The summed E-state index contributed by atoms with van der Waals surface area (Å²) in [4.78, 5) is 10.3. The molecule has 0 radical (unpaired) electrons. The van der Waals surface area contributed by atoms with Gasteiger partial charge < -0.3 is 9.72 Å². The molecule has 2 aromatic rings. The van der Waals surface area contributed by atoms with Crippen LogP contribution in [0.25, 0.3) is 0 Å². The van der Waals surface area contributed by atoms with Crippen molar-refractivity contribution in [3.05, 3.63) is 46.5 Å². The van der Waals surface area contributed by atoms with Gasteiger partial charge in [-0.2, -0.15) is 0 Å². The van der Waals surface area contributed by atoms with Crippen LogP contribution in [-0.2, 0) is 19.4 Å². The lowest BCUT2D eigenvalue weighted by atomic mass is 9.74. The zero-order valence-corrected chi connectivity index (χ0v) is 14.9. The first-order valence-corrected chi connectivity index (χ1v) is 9.21. The maximum atomic E-state index is 6.30. The number of likely N-dealkylation sites (tertiary alicyclic amines) is 1. The Hall–Kier alpha value is -1.52. The minimum absolute atomic E-state index is 0.270. The van der Waals surface area contributed by atoms with Gasteiger partial charge >= 0.3 is 0 Å². The molecule has 0 atom stereocenters. The summed E-state index contributed by atoms with van der Waals surface area (Å²) >= 11 is 6.30. The van der Waals surface area contributed by atoms with Gasteiger partial charge in [0.25, 0.3) is 0 Å². The molecule has 4 rings (SSSR count). The van der Waals surface area contributed by atoms with Crippen molar-refractivity contribution in [2.24, 2.45) is 5.41 Å². The highest BCUT2D eigenvalue weighted by molar-refractivity contribution is 6.30. The third kappa shape index (κ3) is 3.05. The summed E-state index contributed by atoms with van der Waals surface area (Å²) in [6, 6.07) is 8.39. The topological polar surface area (TPSA) is 41.2 Å². The van der Waals surface area contributed by atoms with E-state index < -0.39 is 0 Å². The van der Waals surface area contributed by atoms with Crippen LogP contribution in [0.5, 0.6) is 5.75 Å². The van der Waals surface area contributed by atoms with Gasteiger partial charge in [0.05, 0.1) is 12.3 Å². The molecule has 2 aliphatic heterocycles. The maximum Gasteiger partial charge on any atom is 0.151 e. The van der Waals surface area contributed by atoms with E-state index in [-0.39, 0.29) is 5.41 Å². The zero-order valence-electron chi connectivity index (χ0n) is 14.1. The molecule has 0 unspecified atom stereocenters. The van der Waals surface area contributed by atoms with Gasteiger partial charge in [0.15, 0.2) is 5.15 Å². The number of imidazole rings is 1. The first kappa shape index (κ1) is 16.0. The number of aryl methyl sites for hydroxylation is 1. The number of benzene rings is 1. The molecular formula is C19H24ClN3O. The van der Waals surface area contributed by atoms with Gasteiger partial charge in [0, 0.05) is 31.5 Å². The molecule has 0 amide bonds. The van der Waals surface area contributed by atoms with Crippen LogP contribution in [0.3, 0.4) is 0 Å². The number of H-pyrrole nitrogens is 1. The van der Waals surface area contributed by atoms with Crippen molar-refractivity contribution in [2.45, 2.75) is 39.2 Å². The van der Waals surface area contributed by atoms with Gasteiger partial charge in [-0.25, -0.2) is 4.98 Å². The summed E-state index contributed by atoms with van der Waals surface area (Å²) in [5.74, 6) is 2.07. The number of hydrogen-bond acceptors (Lipinski definition) is 3. The zero-order chi connectivity index (χ0) is 16.6. The Morgan fingerprint density at radius 3 is 3.00 bits per heavy atom. The Kier molecular flexibility index (Phi) is 4.27. The fourth-order valence-electron chi connectivity index (χ4n) is 3.92. The van der Waals surface area contributed by atoms with E-state index in [1.165, 1.54) is 12.0 Å². The lowest BCUT2D eigenvalue weighted by Gasteiger charge is -2.51. The van der Waals surface area contributed by atoms with Crippen LogP contribution in [0.4, 0.5) is 0 Å². The lowest BCUT2D eigenvalue weighted by Crippen LogP contribution is -2.60. The Morgan fingerprint density at radius 1 is 1.33 bits per heavy atom. The Morgan fingerprint density at radius 2 is 2.17 bits per heavy atom. The van der Waals surface area contributed by atoms with Crippen molar-refractivity contribution in [3.8, 4) is 5.75 Å². The SMILES string of the molecule is CCCCc1nc(Cl)c(CN2CC3(COc4ccccc4C3)C2)[nH]1. The number of rotatable bonds is 5. The summed E-state index contributed by atoms with van der Waals surface area (Å²) < 4.78 is 5.98. The quantitative estimate of drug-likeness (QED) is 0.895. The first-order valence-electron chi connectivity index (χ1n) is 8.84. The predicted octanol–water partition coefficient (Wildman–Crippen LogP) is 3.84. The van der Waals surface area contributed by atoms with E-state index in [1.807, 2.05) is 6.07 Å². The number of halogens is 1. The molecule has 1 N–H and O–H groups in total. The molecule has 1 spiro atoms. The number of nitrogens with zero attached hydrogens (tertiary/aromatic N) is 2. The third-order valence-corrected chi connectivity index (χ3v) is 5.43. The van der Waals surface area contributed by atoms with E-state index in [2.05, 4.69) is 40.0 Å². The molecule has 0 aliphatic carbocycles. The molecule has 3 heterocycles. The Labute approximate surface area is 148 Å². The predicted molar refractivity (Wildman–Crippen MR) is 95.6 cm³/mol. The fourth-order valence-corrected chi connectivity index (χ4v) is 4.13. The normalized spacial score (nSPS) is 18.9. The molecular weight excluding hydrogens is 322 g/mol. The van der Waals surface area contributed by atoms with E-state index >= 15 is 0 Å². The van der Waals surface area contributed by atoms with Gasteiger partial charge in [-0.3, -0.25) is 4.90 Å². The van der Waals surface area contributed by atoms with Crippen molar-refractivity contribution >= 4 is 11.6 Å². The highest BCUT2D eigenvalue weighted by atomic mass is 35.5. The largest absolute Gasteiger partial charge is 0.493 e. The number of hydrogen-bond donors (Lipinski definition) is 1. The van der Waals surface area contributed by atoms with Crippen LogP contribution in [0, 0.1) is 5.41 Å². The highest BCUT2D eigenvalue weighted by Crippen LogP contribution is 2.41. The maximum absolute atomic E-state index is 6.30. The minimum atomic E-state index is 0.270. The van der Waals surface area contributed by atoms with E-state index in [0.29, 0.717) is 5.15 Å². The van der Waals surface area contributed by atoms with Gasteiger partial charge in [0.1, 0.15) is 11.6 Å². The summed E-state index contributed by atoms with van der Waals surface area (Å²) in [6.07, 6.45) is 4.40. The molecule has 2 aliphatic rings. The number of fused-ring (bicyclic) bond motifs is 1. The van der Waals surface area contributed by atoms with E-state index in [1.54, 1.807) is 0 Å². The van der Waals surface area contributed by atoms with Gasteiger partial charge in [-0.15, -0.1) is 0 Å². The summed E-state index contributed by atoms with van der Waals surface area (Å²) in [5, 5.41) is 0.632. The van der Waals surface area contributed by atoms with Crippen LogP contribution in [0.15, 0.2) is 24.3 Å². The number of nitrogens with one attached hydrogen (secondary N) is 1. The van der Waals surface area contributed by atoms with Crippen molar-refractivity contribution in [2.75, 3.05) is 19.7 Å². The van der Waals surface area contributed by atoms with Crippen molar-refractivity contribution in [1.29, 1.82) is 0 Å². The fraction of sp³-hybridized carbons (Fsp3) is 0.526. The molecule has 1 aromatic carbocycles. The number of para-hydroxylation sites is 1. The second-order valence-electron chi connectivity index (χ2n) is 7.27. The average molecular weight is 346 g/mol. The number of unbranched alkanes of at least 4 members (excludes halogenated alkanes) is 1. The van der Waals surface area contributed by atoms with Gasteiger partial charge in [-0.05, 0) is 24.5 Å². The van der Waals surface area contributed by atoms with E-state index in [0.717, 1.165) is 62.8 Å². The smallest absolute Gasteiger partial charge is 0.151 e. The van der Waals surface area contributed by atoms with E-state index in [9.17, 15) is 0 Å². The number of aromatic amines is 1. The van der Waals surface area contributed by atoms with Crippen molar-refractivity contribution in [3.63, 3.8) is 0 Å². The van der Waals surface area contributed by atoms with Crippen LogP contribution in [0.2, 0.25) is 5.15 Å². The molecule has 1 fully saturated rings. The van der Waals surface area contributed by atoms with E-state index in [4.69, 9.17) is 16.3 Å². The third-order valence-electron chi connectivity index (χ3n) is 5.12. The Balaban J connectivity index is 1.36. The van der Waals surface area contributed by atoms with Crippen LogP contribution < -0.4 is 4.74 Å². The van der Waals surface area contributed by atoms with Crippen molar-refractivity contribution in [1.82, 2.24) is 14.9 Å². The highest BCUT2D eigenvalue weighted by Gasteiger charge is 2.46. The number of ether oxygens (including phenoxy) is 1. The monoisotopic (exact) mass is 345 g/mol. The lowest BCUT2D eigenvalue weighted by molar-refractivity contribution is -0.0483. The second-order valence-corrected chi connectivity index (χ2v) is 7.63. The van der Waals surface area contributed by atoms with Crippen LogP contribution >= 0.6 is 11.6 Å². The molecule has 1 saturated heterocycles. The average Bonchev–Trinajstić information content (AvgIpc) is 2.91. The molecule has 1 aromatic heterocycles. The van der Waals surface area contributed by atoms with Gasteiger partial charge in [0.2, 0.25) is 0 Å². The molecule has 24 heavy (non-hydrogen) atoms. The molecule has 5 heteroatoms. The molecule has 0 saturated carbocycles. The van der Waals surface area contributed by atoms with Crippen LogP contribution in [0.1, 0.15) is 36.8 Å². The Bertz CT molecular complexity index is 721. The van der Waals surface area contributed by atoms with Crippen molar-refractivity contribution < 1.29 is 4.74 Å². The molecule has 0 bridgehead atoms.